The Bertz CT molecular complexity index is 759. The number of fused-ring (bicyclic) bond motifs is 1. The highest BCUT2D eigenvalue weighted by Gasteiger charge is 2.14. The Morgan fingerprint density at radius 3 is 3.05 bits per heavy atom. The van der Waals surface area contributed by atoms with Gasteiger partial charge in [0.2, 0.25) is 11.0 Å². The number of hydrogen-bond acceptors (Lipinski definition) is 7. The highest BCUT2D eigenvalue weighted by Crippen LogP contribution is 2.33. The summed E-state index contributed by atoms with van der Waals surface area (Å²) in [5, 5.41) is 9.53. The van der Waals surface area contributed by atoms with Crippen molar-refractivity contribution in [2.45, 2.75) is 23.5 Å². The molecule has 8 heteroatoms. The van der Waals surface area contributed by atoms with Crippen LogP contribution in [0.25, 0.3) is 5.65 Å². The van der Waals surface area contributed by atoms with E-state index >= 15 is 0 Å². The molecule has 0 radical (unpaired) electrons. The van der Waals surface area contributed by atoms with Crippen molar-refractivity contribution in [3.8, 4) is 5.88 Å². The minimum atomic E-state index is 0.406. The molecule has 0 aliphatic heterocycles. The molecule has 3 aromatic rings. The van der Waals surface area contributed by atoms with Crippen LogP contribution in [0.5, 0.6) is 5.88 Å². The van der Waals surface area contributed by atoms with E-state index in [4.69, 9.17) is 10.5 Å². The maximum Gasteiger partial charge on any atom is 0.241 e. The van der Waals surface area contributed by atoms with Crippen molar-refractivity contribution in [2.24, 2.45) is 0 Å². The topological polar surface area (TPSA) is 91.2 Å². The van der Waals surface area contributed by atoms with Gasteiger partial charge in [-0.25, -0.2) is 4.98 Å². The molecule has 108 valence electrons. The highest BCUT2D eigenvalue weighted by atomic mass is 32.2. The number of pyridine rings is 1. The Labute approximate surface area is 125 Å². The summed E-state index contributed by atoms with van der Waals surface area (Å²) in [6.07, 6.45) is 4.22. The molecule has 0 saturated heterocycles. The number of rotatable bonds is 5. The van der Waals surface area contributed by atoms with Gasteiger partial charge in [-0.1, -0.05) is 13.0 Å². The first-order valence-corrected chi connectivity index (χ1v) is 7.32. The minimum Gasteiger partial charge on any atom is -0.476 e. The summed E-state index contributed by atoms with van der Waals surface area (Å²) < 4.78 is 7.37. The quantitative estimate of drug-likeness (QED) is 0.721. The van der Waals surface area contributed by atoms with Crippen molar-refractivity contribution in [1.82, 2.24) is 24.6 Å². The van der Waals surface area contributed by atoms with Crippen LogP contribution in [-0.2, 0) is 0 Å². The number of nitrogen functional groups attached to an aromatic ring is 1. The van der Waals surface area contributed by atoms with Gasteiger partial charge in [-0.15, -0.1) is 10.2 Å². The minimum absolute atomic E-state index is 0.406. The number of nitrogens with two attached hydrogens (primary N) is 1. The molecule has 0 saturated carbocycles. The van der Waals surface area contributed by atoms with Crippen molar-refractivity contribution < 1.29 is 4.74 Å². The molecule has 0 bridgehead atoms. The standard InChI is InChI=1S/C13H14N6OS/c1-2-7-20-11-10(14)12(16-8-15-11)21-13-18-17-9-5-3-4-6-19(9)13/h3-6,8H,2,7,14H2,1H3. The van der Waals surface area contributed by atoms with Gasteiger partial charge in [0.15, 0.2) is 5.65 Å². The second-order valence-corrected chi connectivity index (χ2v) is 5.22. The van der Waals surface area contributed by atoms with Crippen LogP contribution in [-0.4, -0.2) is 31.2 Å². The molecular formula is C13H14N6OS. The Balaban J connectivity index is 1.91. The highest BCUT2D eigenvalue weighted by molar-refractivity contribution is 7.99. The van der Waals surface area contributed by atoms with Crippen molar-refractivity contribution in [3.63, 3.8) is 0 Å². The number of nitrogens with zero attached hydrogens (tertiary/aromatic N) is 5. The molecule has 0 amide bonds. The molecule has 21 heavy (non-hydrogen) atoms. The fraction of sp³-hybridized carbons (Fsp3) is 0.231. The van der Waals surface area contributed by atoms with E-state index in [1.165, 1.54) is 18.1 Å². The van der Waals surface area contributed by atoms with Crippen LogP contribution in [0.15, 0.2) is 40.9 Å². The fourth-order valence-electron chi connectivity index (χ4n) is 1.73. The van der Waals surface area contributed by atoms with Crippen molar-refractivity contribution in [1.29, 1.82) is 0 Å². The molecule has 0 fully saturated rings. The van der Waals surface area contributed by atoms with Crippen LogP contribution < -0.4 is 10.5 Å². The van der Waals surface area contributed by atoms with E-state index in [1.54, 1.807) is 0 Å². The van der Waals surface area contributed by atoms with Gasteiger partial charge in [-0.05, 0) is 30.3 Å². The first-order valence-electron chi connectivity index (χ1n) is 6.50. The number of ether oxygens (including phenoxy) is 1. The lowest BCUT2D eigenvalue weighted by atomic mass is 10.5. The largest absolute Gasteiger partial charge is 0.476 e. The summed E-state index contributed by atoms with van der Waals surface area (Å²) in [5.41, 5.74) is 7.25. The van der Waals surface area contributed by atoms with Gasteiger partial charge < -0.3 is 10.5 Å². The van der Waals surface area contributed by atoms with Crippen LogP contribution in [0.4, 0.5) is 5.69 Å². The fourth-order valence-corrected chi connectivity index (χ4v) is 2.54. The monoisotopic (exact) mass is 302 g/mol. The predicted molar refractivity (Wildman–Crippen MR) is 79.3 cm³/mol. The second-order valence-electron chi connectivity index (χ2n) is 4.26. The predicted octanol–water partition coefficient (Wildman–Crippen LogP) is 2.04. The van der Waals surface area contributed by atoms with Crippen LogP contribution >= 0.6 is 11.8 Å². The summed E-state index contributed by atoms with van der Waals surface area (Å²) in [7, 11) is 0. The Hall–Kier alpha value is -2.35. The van der Waals surface area contributed by atoms with E-state index < -0.39 is 0 Å². The third kappa shape index (κ3) is 2.75. The summed E-state index contributed by atoms with van der Waals surface area (Å²) in [4.78, 5) is 8.25. The Kier molecular flexibility index (Phi) is 3.87. The average molecular weight is 302 g/mol. The molecule has 3 rings (SSSR count). The lowest BCUT2D eigenvalue weighted by molar-refractivity contribution is 0.305. The van der Waals surface area contributed by atoms with Crippen LogP contribution in [0.3, 0.4) is 0 Å². The maximum atomic E-state index is 6.06. The third-order valence-corrected chi connectivity index (χ3v) is 3.70. The first-order chi connectivity index (χ1) is 10.3. The molecule has 2 N–H and O–H groups in total. The number of aromatic nitrogens is 5. The molecule has 0 atom stereocenters. The van der Waals surface area contributed by atoms with Crippen molar-refractivity contribution >= 4 is 23.1 Å². The zero-order chi connectivity index (χ0) is 14.7. The van der Waals surface area contributed by atoms with Crippen LogP contribution in [0.2, 0.25) is 0 Å². The van der Waals surface area contributed by atoms with Gasteiger partial charge in [-0.2, -0.15) is 4.98 Å². The van der Waals surface area contributed by atoms with Crippen molar-refractivity contribution in [2.75, 3.05) is 12.3 Å². The summed E-state index contributed by atoms with van der Waals surface area (Å²) in [6.45, 7) is 2.59. The van der Waals surface area contributed by atoms with Crippen LogP contribution in [0, 0.1) is 0 Å². The van der Waals surface area contributed by atoms with Gasteiger partial charge in [0.05, 0.1) is 6.61 Å². The molecule has 7 nitrogen and oxygen atoms in total. The molecule has 0 unspecified atom stereocenters. The van der Waals surface area contributed by atoms with Gasteiger partial charge in [-0.3, -0.25) is 4.40 Å². The van der Waals surface area contributed by atoms with E-state index in [2.05, 4.69) is 20.2 Å². The van der Waals surface area contributed by atoms with E-state index in [-0.39, 0.29) is 0 Å². The SMILES string of the molecule is CCCOc1ncnc(Sc2nnc3ccccn23)c1N. The summed E-state index contributed by atoms with van der Waals surface area (Å²) in [6, 6.07) is 5.71. The molecular weight excluding hydrogens is 288 g/mol. The lowest BCUT2D eigenvalue weighted by Crippen LogP contribution is -2.03. The van der Waals surface area contributed by atoms with Gasteiger partial charge in [0.25, 0.3) is 0 Å². The Morgan fingerprint density at radius 2 is 2.19 bits per heavy atom. The molecule has 3 aromatic heterocycles. The van der Waals surface area contributed by atoms with Gasteiger partial charge in [0, 0.05) is 6.20 Å². The third-order valence-electron chi connectivity index (χ3n) is 2.72. The van der Waals surface area contributed by atoms with E-state index in [0.29, 0.717) is 28.4 Å². The normalized spacial score (nSPS) is 10.9. The van der Waals surface area contributed by atoms with Gasteiger partial charge >= 0.3 is 0 Å². The molecule has 0 aliphatic rings. The zero-order valence-corrected chi connectivity index (χ0v) is 12.2. The smallest absolute Gasteiger partial charge is 0.241 e. The van der Waals surface area contributed by atoms with E-state index in [1.807, 2.05) is 35.7 Å². The summed E-state index contributed by atoms with van der Waals surface area (Å²) in [5.74, 6) is 0.406. The molecule has 0 aromatic carbocycles. The second kappa shape index (κ2) is 5.96. The molecule has 3 heterocycles. The van der Waals surface area contributed by atoms with Gasteiger partial charge in [0.1, 0.15) is 17.0 Å². The van der Waals surface area contributed by atoms with E-state index in [0.717, 1.165) is 12.1 Å². The first kappa shape index (κ1) is 13.6. The zero-order valence-electron chi connectivity index (χ0n) is 11.4. The van der Waals surface area contributed by atoms with E-state index in [9.17, 15) is 0 Å². The Morgan fingerprint density at radius 1 is 1.29 bits per heavy atom. The number of anilines is 1. The summed E-state index contributed by atoms with van der Waals surface area (Å²) >= 11 is 1.33. The lowest BCUT2D eigenvalue weighted by Gasteiger charge is -2.08. The van der Waals surface area contributed by atoms with Crippen molar-refractivity contribution in [3.05, 3.63) is 30.7 Å². The molecule has 0 aliphatic carbocycles. The van der Waals surface area contributed by atoms with Crippen LogP contribution in [0.1, 0.15) is 13.3 Å². The average Bonchev–Trinajstić information content (AvgIpc) is 2.91. The number of hydrogen-bond donors (Lipinski definition) is 1. The molecule has 0 spiro atoms. The maximum absolute atomic E-state index is 6.06.